The summed E-state index contributed by atoms with van der Waals surface area (Å²) >= 11 is 0. The lowest BCUT2D eigenvalue weighted by molar-refractivity contribution is -0.142. The number of fused-ring (bicyclic) bond motifs is 1. The van der Waals surface area contributed by atoms with Crippen molar-refractivity contribution in [3.8, 4) is 0 Å². The highest BCUT2D eigenvalue weighted by atomic mass is 16.4. The minimum absolute atomic E-state index is 0.0228. The number of amides is 1. The number of carbonyl (C=O) groups is 2. The van der Waals surface area contributed by atoms with E-state index in [9.17, 15) is 24.3 Å². The molecule has 2 fully saturated rings. The van der Waals surface area contributed by atoms with E-state index in [2.05, 4.69) is 5.10 Å². The highest BCUT2D eigenvalue weighted by molar-refractivity contribution is 5.80. The Balaban J connectivity index is 1.48. The van der Waals surface area contributed by atoms with Crippen LogP contribution >= 0.6 is 0 Å². The van der Waals surface area contributed by atoms with E-state index in [0.717, 1.165) is 17.5 Å². The van der Waals surface area contributed by atoms with Gasteiger partial charge >= 0.3 is 5.97 Å². The molecule has 1 aliphatic carbocycles. The lowest BCUT2D eigenvalue weighted by Gasteiger charge is -2.16. The first-order valence-corrected chi connectivity index (χ1v) is 9.18. The Bertz CT molecular complexity index is 1020. The SMILES string of the molecule is O=C(O)[C@H]1CN(C(=O)CCn2[nH]c(=O)c3ccccc3c2=O)C[C@@H]1C1CC1. The highest BCUT2D eigenvalue weighted by Gasteiger charge is 2.46. The molecule has 4 rings (SSSR count). The van der Waals surface area contributed by atoms with Crippen molar-refractivity contribution >= 4 is 22.6 Å². The Hall–Kier alpha value is -2.90. The standard InChI is InChI=1S/C19H21N3O5/c23-16(21-9-14(11-5-6-11)15(10-21)19(26)27)7-8-22-18(25)13-4-2-1-3-12(13)17(24)20-22/h1-4,11,14-15H,5-10H2,(H,20,24)(H,26,27)/t14-,15+/m1/s1. The Morgan fingerprint density at radius 1 is 1.11 bits per heavy atom. The number of carboxylic acid groups (broad SMARTS) is 1. The van der Waals surface area contributed by atoms with E-state index < -0.39 is 11.9 Å². The van der Waals surface area contributed by atoms with E-state index in [1.165, 1.54) is 0 Å². The van der Waals surface area contributed by atoms with Crippen LogP contribution in [0.1, 0.15) is 19.3 Å². The van der Waals surface area contributed by atoms with E-state index in [1.807, 2.05) is 0 Å². The number of benzene rings is 1. The second-order valence-corrected chi connectivity index (χ2v) is 7.44. The summed E-state index contributed by atoms with van der Waals surface area (Å²) in [4.78, 5) is 50.2. The summed E-state index contributed by atoms with van der Waals surface area (Å²) < 4.78 is 1.16. The Labute approximate surface area is 154 Å². The number of carboxylic acids is 1. The molecule has 0 radical (unpaired) electrons. The monoisotopic (exact) mass is 371 g/mol. The van der Waals surface area contributed by atoms with Gasteiger partial charge in [-0.05, 0) is 36.8 Å². The number of carbonyl (C=O) groups excluding carboxylic acids is 1. The van der Waals surface area contributed by atoms with Crippen molar-refractivity contribution in [3.63, 3.8) is 0 Å². The van der Waals surface area contributed by atoms with Crippen LogP contribution in [0.5, 0.6) is 0 Å². The molecule has 1 aliphatic heterocycles. The normalized spacial score (nSPS) is 22.3. The first kappa shape index (κ1) is 17.5. The molecule has 2 aliphatic rings. The average molecular weight is 371 g/mol. The van der Waals surface area contributed by atoms with Crippen molar-refractivity contribution in [2.75, 3.05) is 13.1 Å². The summed E-state index contributed by atoms with van der Waals surface area (Å²) in [6.07, 6.45) is 2.10. The second kappa shape index (κ2) is 6.68. The first-order chi connectivity index (χ1) is 13.0. The molecule has 1 saturated carbocycles. The van der Waals surface area contributed by atoms with Crippen LogP contribution < -0.4 is 11.1 Å². The van der Waals surface area contributed by atoms with Gasteiger partial charge < -0.3 is 10.0 Å². The number of hydrogen-bond acceptors (Lipinski definition) is 4. The van der Waals surface area contributed by atoms with Crippen LogP contribution in [0.2, 0.25) is 0 Å². The van der Waals surface area contributed by atoms with Crippen molar-refractivity contribution < 1.29 is 14.7 Å². The van der Waals surface area contributed by atoms with Crippen LogP contribution in [0.4, 0.5) is 0 Å². The Morgan fingerprint density at radius 3 is 2.48 bits per heavy atom. The molecule has 142 valence electrons. The summed E-state index contributed by atoms with van der Waals surface area (Å²) in [5.74, 6) is -1.12. The predicted molar refractivity (Wildman–Crippen MR) is 97.4 cm³/mol. The number of aromatic amines is 1. The fourth-order valence-electron chi connectivity index (χ4n) is 4.07. The zero-order valence-corrected chi connectivity index (χ0v) is 14.8. The van der Waals surface area contributed by atoms with Gasteiger partial charge in [0, 0.05) is 19.5 Å². The minimum Gasteiger partial charge on any atom is -0.481 e. The predicted octanol–water partition coefficient (Wildman–Crippen LogP) is 0.649. The maximum Gasteiger partial charge on any atom is 0.308 e. The molecule has 1 aromatic heterocycles. The maximum atomic E-state index is 12.6. The molecule has 8 heteroatoms. The van der Waals surface area contributed by atoms with Crippen molar-refractivity contribution in [3.05, 3.63) is 45.0 Å². The first-order valence-electron chi connectivity index (χ1n) is 9.18. The zero-order chi connectivity index (χ0) is 19.1. The fourth-order valence-corrected chi connectivity index (χ4v) is 4.07. The molecule has 8 nitrogen and oxygen atoms in total. The van der Waals surface area contributed by atoms with Gasteiger partial charge in [0.2, 0.25) is 5.91 Å². The lowest BCUT2D eigenvalue weighted by Crippen LogP contribution is -2.34. The Kier molecular flexibility index (Phi) is 4.33. The largest absolute Gasteiger partial charge is 0.481 e. The third-order valence-corrected chi connectivity index (χ3v) is 5.70. The van der Waals surface area contributed by atoms with E-state index in [0.29, 0.717) is 23.2 Å². The van der Waals surface area contributed by atoms with Gasteiger partial charge in [-0.15, -0.1) is 0 Å². The molecule has 2 aromatic rings. The molecular weight excluding hydrogens is 350 g/mol. The van der Waals surface area contributed by atoms with Crippen molar-refractivity contribution in [1.29, 1.82) is 0 Å². The molecule has 0 spiro atoms. The zero-order valence-electron chi connectivity index (χ0n) is 14.8. The van der Waals surface area contributed by atoms with Gasteiger partial charge in [-0.25, -0.2) is 4.68 Å². The summed E-state index contributed by atoms with van der Waals surface area (Å²) in [6, 6.07) is 6.54. The van der Waals surface area contributed by atoms with Gasteiger partial charge in [0.25, 0.3) is 11.1 Å². The molecule has 2 atom stereocenters. The number of H-pyrrole nitrogens is 1. The van der Waals surface area contributed by atoms with Crippen LogP contribution in [0.15, 0.2) is 33.9 Å². The van der Waals surface area contributed by atoms with Gasteiger partial charge in [0.1, 0.15) is 0 Å². The minimum atomic E-state index is -0.850. The Morgan fingerprint density at radius 2 is 1.81 bits per heavy atom. The van der Waals surface area contributed by atoms with Crippen LogP contribution in [0.25, 0.3) is 10.8 Å². The molecule has 1 aromatic carbocycles. The summed E-state index contributed by atoms with van der Waals surface area (Å²) in [6.45, 7) is 0.738. The third kappa shape index (κ3) is 3.27. The quantitative estimate of drug-likeness (QED) is 0.801. The summed E-state index contributed by atoms with van der Waals surface area (Å²) in [5.41, 5.74) is -0.725. The number of nitrogens with one attached hydrogen (secondary N) is 1. The number of hydrogen-bond donors (Lipinski definition) is 2. The summed E-state index contributed by atoms with van der Waals surface area (Å²) in [5, 5.41) is 12.6. The molecule has 2 N–H and O–H groups in total. The van der Waals surface area contributed by atoms with Gasteiger partial charge in [-0.1, -0.05) is 12.1 Å². The highest BCUT2D eigenvalue weighted by Crippen LogP contribution is 2.44. The topological polar surface area (TPSA) is 112 Å². The maximum absolute atomic E-state index is 12.6. The van der Waals surface area contributed by atoms with Crippen molar-refractivity contribution in [1.82, 2.24) is 14.7 Å². The van der Waals surface area contributed by atoms with Crippen LogP contribution in [0.3, 0.4) is 0 Å². The number of rotatable bonds is 5. The van der Waals surface area contributed by atoms with Crippen LogP contribution in [-0.2, 0) is 16.1 Å². The average Bonchev–Trinajstić information content (AvgIpc) is 3.41. The van der Waals surface area contributed by atoms with Crippen LogP contribution in [-0.4, -0.2) is 44.8 Å². The third-order valence-electron chi connectivity index (χ3n) is 5.70. The van der Waals surface area contributed by atoms with Crippen molar-refractivity contribution in [2.24, 2.45) is 17.8 Å². The second-order valence-electron chi connectivity index (χ2n) is 7.44. The van der Waals surface area contributed by atoms with E-state index in [-0.39, 0.29) is 42.5 Å². The van der Waals surface area contributed by atoms with Crippen LogP contribution in [0, 0.1) is 17.8 Å². The summed E-state index contributed by atoms with van der Waals surface area (Å²) in [7, 11) is 0. The number of nitrogens with zero attached hydrogens (tertiary/aromatic N) is 2. The fraction of sp³-hybridized carbons (Fsp3) is 0.474. The van der Waals surface area contributed by atoms with E-state index in [4.69, 9.17) is 0 Å². The molecular formula is C19H21N3O5. The van der Waals surface area contributed by atoms with Gasteiger partial charge in [0.05, 0.1) is 23.2 Å². The van der Waals surface area contributed by atoms with E-state index in [1.54, 1.807) is 29.2 Å². The van der Waals surface area contributed by atoms with Gasteiger partial charge in [0.15, 0.2) is 0 Å². The van der Waals surface area contributed by atoms with Gasteiger partial charge in [-0.3, -0.25) is 24.3 Å². The molecule has 1 saturated heterocycles. The van der Waals surface area contributed by atoms with Crippen molar-refractivity contribution in [2.45, 2.75) is 25.8 Å². The number of aliphatic carboxylic acids is 1. The molecule has 1 amide bonds. The number of likely N-dealkylation sites (tertiary alicyclic amines) is 1. The molecule has 0 bridgehead atoms. The smallest absolute Gasteiger partial charge is 0.308 e. The number of aryl methyl sites for hydroxylation is 1. The molecule has 27 heavy (non-hydrogen) atoms. The van der Waals surface area contributed by atoms with E-state index >= 15 is 0 Å². The van der Waals surface area contributed by atoms with Gasteiger partial charge in [-0.2, -0.15) is 0 Å². The number of aromatic nitrogens is 2. The molecule has 2 heterocycles. The molecule has 0 unspecified atom stereocenters. The lowest BCUT2D eigenvalue weighted by atomic mass is 9.92.